The second-order valence-electron chi connectivity index (χ2n) is 5.92. The summed E-state index contributed by atoms with van der Waals surface area (Å²) in [7, 11) is 0. The normalized spacial score (nSPS) is 29.2. The van der Waals surface area contributed by atoms with Crippen molar-refractivity contribution in [1.82, 2.24) is 9.80 Å². The van der Waals surface area contributed by atoms with Gasteiger partial charge in [-0.05, 0) is 45.7 Å². The van der Waals surface area contributed by atoms with Crippen molar-refractivity contribution in [3.05, 3.63) is 0 Å². The Balaban J connectivity index is 1.97. The van der Waals surface area contributed by atoms with Gasteiger partial charge in [-0.15, -0.1) is 0 Å². The molecule has 0 aromatic carbocycles. The van der Waals surface area contributed by atoms with E-state index in [4.69, 9.17) is 0 Å². The van der Waals surface area contributed by atoms with Crippen LogP contribution in [0, 0.1) is 0 Å². The number of aliphatic carboxylic acids is 1. The van der Waals surface area contributed by atoms with Gasteiger partial charge < -0.3 is 10.0 Å². The lowest BCUT2D eigenvalue weighted by atomic mass is 9.99. The molecule has 0 aromatic heterocycles. The highest BCUT2D eigenvalue weighted by Gasteiger charge is 2.45. The van der Waals surface area contributed by atoms with Gasteiger partial charge in [0.2, 0.25) is 5.91 Å². The number of rotatable bonds is 3. The van der Waals surface area contributed by atoms with Gasteiger partial charge in [-0.2, -0.15) is 0 Å². The summed E-state index contributed by atoms with van der Waals surface area (Å²) in [4.78, 5) is 27.5. The maximum Gasteiger partial charge on any atom is 0.329 e. The van der Waals surface area contributed by atoms with Crippen LogP contribution in [0.25, 0.3) is 0 Å². The van der Waals surface area contributed by atoms with E-state index in [9.17, 15) is 14.7 Å². The molecule has 19 heavy (non-hydrogen) atoms. The van der Waals surface area contributed by atoms with Crippen molar-refractivity contribution in [2.24, 2.45) is 0 Å². The highest BCUT2D eigenvalue weighted by Crippen LogP contribution is 2.29. The van der Waals surface area contributed by atoms with Gasteiger partial charge in [-0.3, -0.25) is 9.69 Å². The molecule has 5 nitrogen and oxygen atoms in total. The predicted octanol–water partition coefficient (Wildman–Crippen LogP) is 1.33. The van der Waals surface area contributed by atoms with E-state index in [0.717, 1.165) is 32.4 Å². The molecule has 2 fully saturated rings. The van der Waals surface area contributed by atoms with Crippen LogP contribution in [-0.2, 0) is 9.59 Å². The molecule has 2 rings (SSSR count). The van der Waals surface area contributed by atoms with Crippen LogP contribution >= 0.6 is 0 Å². The predicted molar refractivity (Wildman–Crippen MR) is 71.9 cm³/mol. The molecule has 1 amide bonds. The Labute approximate surface area is 114 Å². The molecule has 2 heterocycles. The fraction of sp³-hybridized carbons (Fsp3) is 0.857. The van der Waals surface area contributed by atoms with Crippen molar-refractivity contribution in [1.29, 1.82) is 0 Å². The van der Waals surface area contributed by atoms with Crippen molar-refractivity contribution in [3.63, 3.8) is 0 Å². The number of likely N-dealkylation sites (tertiary alicyclic amines) is 2. The Morgan fingerprint density at radius 2 is 1.68 bits per heavy atom. The number of nitrogens with zero attached hydrogens (tertiary/aromatic N) is 2. The highest BCUT2D eigenvalue weighted by atomic mass is 16.4. The van der Waals surface area contributed by atoms with E-state index in [1.165, 1.54) is 12.8 Å². The van der Waals surface area contributed by atoms with E-state index in [-0.39, 0.29) is 5.91 Å². The van der Waals surface area contributed by atoms with Gasteiger partial charge in [0.1, 0.15) is 5.54 Å². The summed E-state index contributed by atoms with van der Waals surface area (Å²) in [6, 6.07) is 0. The molecule has 0 spiro atoms. The Morgan fingerprint density at radius 1 is 1.05 bits per heavy atom. The minimum atomic E-state index is -0.997. The number of amides is 1. The molecule has 0 aliphatic carbocycles. The second-order valence-corrected chi connectivity index (χ2v) is 5.92. The largest absolute Gasteiger partial charge is 0.480 e. The molecule has 2 aliphatic rings. The van der Waals surface area contributed by atoms with Crippen LogP contribution in [0.15, 0.2) is 0 Å². The van der Waals surface area contributed by atoms with Crippen LogP contribution in [0.2, 0.25) is 0 Å². The zero-order valence-electron chi connectivity index (χ0n) is 11.7. The van der Waals surface area contributed by atoms with Crippen LogP contribution in [0.1, 0.15) is 45.4 Å². The number of carboxylic acids is 1. The van der Waals surface area contributed by atoms with Crippen LogP contribution in [-0.4, -0.2) is 58.5 Å². The average Bonchev–Trinajstić information content (AvgIpc) is 2.59. The zero-order chi connectivity index (χ0) is 13.9. The molecular formula is C14H24N2O3. The summed E-state index contributed by atoms with van der Waals surface area (Å²) >= 11 is 0. The van der Waals surface area contributed by atoms with Crippen LogP contribution in [0.3, 0.4) is 0 Å². The van der Waals surface area contributed by atoms with Crippen LogP contribution in [0.5, 0.6) is 0 Å². The third kappa shape index (κ3) is 3.08. The van der Waals surface area contributed by atoms with Crippen LogP contribution < -0.4 is 0 Å². The number of carbonyl (C=O) groups excluding carboxylic acids is 1. The molecule has 0 aromatic rings. The molecule has 0 bridgehead atoms. The van der Waals surface area contributed by atoms with E-state index in [2.05, 4.69) is 4.90 Å². The first-order valence-corrected chi connectivity index (χ1v) is 7.30. The quantitative estimate of drug-likeness (QED) is 0.839. The summed E-state index contributed by atoms with van der Waals surface area (Å²) in [6.45, 7) is 4.55. The summed E-state index contributed by atoms with van der Waals surface area (Å²) in [5.41, 5.74) is -0.997. The zero-order valence-corrected chi connectivity index (χ0v) is 11.7. The van der Waals surface area contributed by atoms with Gasteiger partial charge in [0, 0.05) is 6.54 Å². The smallest absolute Gasteiger partial charge is 0.329 e. The standard InChI is InChI=1S/C14H24N2O3/c1-14(13(18)19)7-6-10-16(14)12(17)11-15-8-4-2-3-5-9-15/h2-11H2,1H3,(H,18,19)/t14-/m0/s1. The number of carbonyl (C=O) groups is 2. The molecule has 5 heteroatoms. The fourth-order valence-corrected chi connectivity index (χ4v) is 3.16. The van der Waals surface area contributed by atoms with Crippen LogP contribution in [0.4, 0.5) is 0 Å². The van der Waals surface area contributed by atoms with Crippen molar-refractivity contribution >= 4 is 11.9 Å². The average molecular weight is 268 g/mol. The molecule has 2 aliphatic heterocycles. The third-order valence-electron chi connectivity index (χ3n) is 4.46. The monoisotopic (exact) mass is 268 g/mol. The lowest BCUT2D eigenvalue weighted by molar-refractivity contribution is -0.155. The molecule has 2 saturated heterocycles. The first-order chi connectivity index (χ1) is 9.04. The van der Waals surface area contributed by atoms with E-state index in [0.29, 0.717) is 19.5 Å². The molecule has 0 saturated carbocycles. The minimum absolute atomic E-state index is 0.0238. The Morgan fingerprint density at radius 3 is 2.26 bits per heavy atom. The van der Waals surface area contributed by atoms with Gasteiger partial charge >= 0.3 is 5.97 Å². The van der Waals surface area contributed by atoms with Crippen molar-refractivity contribution in [3.8, 4) is 0 Å². The van der Waals surface area contributed by atoms with E-state index < -0.39 is 11.5 Å². The summed E-state index contributed by atoms with van der Waals surface area (Å²) < 4.78 is 0. The van der Waals surface area contributed by atoms with Crippen molar-refractivity contribution in [2.75, 3.05) is 26.2 Å². The molecule has 0 radical (unpaired) electrons. The number of carboxylic acid groups (broad SMARTS) is 1. The van der Waals surface area contributed by atoms with Gasteiger partial charge in [-0.25, -0.2) is 4.79 Å². The lowest BCUT2D eigenvalue weighted by Gasteiger charge is -2.33. The fourth-order valence-electron chi connectivity index (χ4n) is 3.16. The van der Waals surface area contributed by atoms with Gasteiger partial charge in [0.25, 0.3) is 0 Å². The van der Waals surface area contributed by atoms with Crippen molar-refractivity contribution < 1.29 is 14.7 Å². The SMILES string of the molecule is C[C@@]1(C(=O)O)CCCN1C(=O)CN1CCCCCC1. The number of hydrogen-bond acceptors (Lipinski definition) is 3. The maximum absolute atomic E-state index is 12.4. The van der Waals surface area contributed by atoms with E-state index in [1.807, 2.05) is 0 Å². The van der Waals surface area contributed by atoms with E-state index in [1.54, 1.807) is 11.8 Å². The Hall–Kier alpha value is -1.10. The summed E-state index contributed by atoms with van der Waals surface area (Å²) in [5, 5.41) is 9.34. The minimum Gasteiger partial charge on any atom is -0.480 e. The summed E-state index contributed by atoms with van der Waals surface area (Å²) in [5.74, 6) is -0.904. The lowest BCUT2D eigenvalue weighted by Crippen LogP contribution is -2.53. The molecular weight excluding hydrogens is 244 g/mol. The molecule has 1 atom stereocenters. The number of hydrogen-bond donors (Lipinski definition) is 1. The first-order valence-electron chi connectivity index (χ1n) is 7.30. The van der Waals surface area contributed by atoms with Gasteiger partial charge in [-0.1, -0.05) is 12.8 Å². The molecule has 0 unspecified atom stereocenters. The van der Waals surface area contributed by atoms with Crippen molar-refractivity contribution in [2.45, 2.75) is 51.0 Å². The van der Waals surface area contributed by atoms with E-state index >= 15 is 0 Å². The first kappa shape index (κ1) is 14.3. The molecule has 108 valence electrons. The maximum atomic E-state index is 12.4. The molecule has 1 N–H and O–H groups in total. The Bertz CT molecular complexity index is 351. The topological polar surface area (TPSA) is 60.9 Å². The van der Waals surface area contributed by atoms with Gasteiger partial charge in [0.05, 0.1) is 6.54 Å². The third-order valence-corrected chi connectivity index (χ3v) is 4.46. The Kier molecular flexibility index (Phi) is 4.45. The summed E-state index contributed by atoms with van der Waals surface area (Å²) in [6.07, 6.45) is 6.11. The second kappa shape index (κ2) is 5.90. The highest BCUT2D eigenvalue weighted by molar-refractivity contribution is 5.88. The van der Waals surface area contributed by atoms with Gasteiger partial charge in [0.15, 0.2) is 0 Å².